The van der Waals surface area contributed by atoms with Gasteiger partial charge in [0.2, 0.25) is 11.8 Å². The molecular weight excluding hydrogens is 402 g/mol. The molecule has 0 bridgehead atoms. The van der Waals surface area contributed by atoms with Crippen molar-refractivity contribution in [2.45, 2.75) is 18.9 Å². The largest absolute Gasteiger partial charge is 0.480 e. The fraction of sp³-hybridized carbons (Fsp3) is 0.261. The molecule has 3 aromatic rings. The number of hydrogen-bond donors (Lipinski definition) is 0. The molecule has 4 rings (SSSR count). The SMILES string of the molecule is COc1ncnc(OC)c1-c1ccc(C(=O)N2CCC[C@@H]2c2ccccc2Cl)cc1. The Bertz CT molecular complexity index is 1030. The van der Waals surface area contributed by atoms with Crippen molar-refractivity contribution in [1.82, 2.24) is 14.9 Å². The minimum atomic E-state index is -0.00721. The van der Waals surface area contributed by atoms with Crippen LogP contribution in [0.2, 0.25) is 5.02 Å². The summed E-state index contributed by atoms with van der Waals surface area (Å²) in [6, 6.07) is 15.1. The zero-order chi connectivity index (χ0) is 21.1. The van der Waals surface area contributed by atoms with Crippen LogP contribution < -0.4 is 9.47 Å². The van der Waals surface area contributed by atoms with Gasteiger partial charge in [-0.05, 0) is 42.2 Å². The molecular formula is C23H22ClN3O3. The van der Waals surface area contributed by atoms with Crippen LogP contribution in [0.4, 0.5) is 0 Å². The number of likely N-dealkylation sites (tertiary alicyclic amines) is 1. The molecule has 6 nitrogen and oxygen atoms in total. The number of carbonyl (C=O) groups is 1. The Kier molecular flexibility index (Phi) is 5.86. The van der Waals surface area contributed by atoms with E-state index >= 15 is 0 Å². The Morgan fingerprint density at radius 1 is 1.03 bits per heavy atom. The molecule has 0 N–H and O–H groups in total. The highest BCUT2D eigenvalue weighted by atomic mass is 35.5. The van der Waals surface area contributed by atoms with Gasteiger partial charge in [0.25, 0.3) is 5.91 Å². The Balaban J connectivity index is 1.62. The smallest absolute Gasteiger partial charge is 0.254 e. The summed E-state index contributed by atoms with van der Waals surface area (Å²) in [6.45, 7) is 0.713. The third kappa shape index (κ3) is 3.71. The van der Waals surface area contributed by atoms with E-state index in [2.05, 4.69) is 9.97 Å². The van der Waals surface area contributed by atoms with E-state index in [0.29, 0.717) is 34.5 Å². The number of rotatable bonds is 5. The van der Waals surface area contributed by atoms with Crippen molar-refractivity contribution in [2.24, 2.45) is 0 Å². The molecule has 7 heteroatoms. The van der Waals surface area contributed by atoms with Crippen LogP contribution in [0, 0.1) is 0 Å². The van der Waals surface area contributed by atoms with Crippen molar-refractivity contribution in [1.29, 1.82) is 0 Å². The first-order valence-electron chi connectivity index (χ1n) is 9.73. The van der Waals surface area contributed by atoms with Crippen LogP contribution in [0.1, 0.15) is 34.8 Å². The second-order valence-electron chi connectivity index (χ2n) is 7.02. The second-order valence-corrected chi connectivity index (χ2v) is 7.43. The topological polar surface area (TPSA) is 64.6 Å². The highest BCUT2D eigenvalue weighted by Gasteiger charge is 2.31. The van der Waals surface area contributed by atoms with E-state index in [4.69, 9.17) is 21.1 Å². The van der Waals surface area contributed by atoms with Gasteiger partial charge in [-0.2, -0.15) is 0 Å². The van der Waals surface area contributed by atoms with Crippen molar-refractivity contribution in [2.75, 3.05) is 20.8 Å². The lowest BCUT2D eigenvalue weighted by atomic mass is 10.0. The Hall–Kier alpha value is -3.12. The second kappa shape index (κ2) is 8.71. The van der Waals surface area contributed by atoms with Gasteiger partial charge in [0.05, 0.1) is 20.3 Å². The van der Waals surface area contributed by atoms with Crippen molar-refractivity contribution in [3.05, 3.63) is 71.0 Å². The Morgan fingerprint density at radius 3 is 2.33 bits per heavy atom. The number of carbonyl (C=O) groups excluding carboxylic acids is 1. The maximum Gasteiger partial charge on any atom is 0.254 e. The zero-order valence-corrected chi connectivity index (χ0v) is 17.6. The number of nitrogens with zero attached hydrogens (tertiary/aromatic N) is 3. The molecule has 2 aromatic carbocycles. The maximum absolute atomic E-state index is 13.2. The van der Waals surface area contributed by atoms with Crippen LogP contribution in [-0.4, -0.2) is 41.5 Å². The molecule has 30 heavy (non-hydrogen) atoms. The Labute approximate surface area is 180 Å². The molecule has 1 aliphatic rings. The number of benzene rings is 2. The molecule has 1 saturated heterocycles. The number of methoxy groups -OCH3 is 2. The summed E-state index contributed by atoms with van der Waals surface area (Å²) in [5.41, 5.74) is 3.08. The third-order valence-electron chi connectivity index (χ3n) is 5.36. The third-order valence-corrected chi connectivity index (χ3v) is 5.71. The van der Waals surface area contributed by atoms with Gasteiger partial charge < -0.3 is 14.4 Å². The van der Waals surface area contributed by atoms with Crippen LogP contribution in [0.5, 0.6) is 11.8 Å². The molecule has 0 radical (unpaired) electrons. The molecule has 1 aliphatic heterocycles. The van der Waals surface area contributed by atoms with Crippen molar-refractivity contribution in [3.63, 3.8) is 0 Å². The summed E-state index contributed by atoms with van der Waals surface area (Å²) >= 11 is 6.39. The first-order valence-corrected chi connectivity index (χ1v) is 10.1. The molecule has 0 aliphatic carbocycles. The average Bonchev–Trinajstić information content (AvgIpc) is 3.28. The predicted molar refractivity (Wildman–Crippen MR) is 115 cm³/mol. The molecule has 1 aromatic heterocycles. The number of ether oxygens (including phenoxy) is 2. The molecule has 2 heterocycles. The molecule has 0 spiro atoms. The number of amides is 1. The first-order chi connectivity index (χ1) is 14.6. The van der Waals surface area contributed by atoms with Gasteiger partial charge in [0.15, 0.2) is 0 Å². The van der Waals surface area contributed by atoms with Gasteiger partial charge in [0.1, 0.15) is 11.9 Å². The van der Waals surface area contributed by atoms with Gasteiger partial charge >= 0.3 is 0 Å². The van der Waals surface area contributed by atoms with E-state index in [-0.39, 0.29) is 11.9 Å². The van der Waals surface area contributed by atoms with Crippen LogP contribution in [0.15, 0.2) is 54.9 Å². The standard InChI is InChI=1S/C23H22ClN3O3/c1-29-21-20(22(30-2)26-14-25-21)15-9-11-16(12-10-15)23(28)27-13-5-8-19(27)17-6-3-4-7-18(17)24/h3-4,6-7,9-12,14,19H,5,8,13H2,1-2H3/t19-/m1/s1. The fourth-order valence-electron chi connectivity index (χ4n) is 3.93. The first kappa shape index (κ1) is 20.2. The highest BCUT2D eigenvalue weighted by molar-refractivity contribution is 6.31. The fourth-order valence-corrected chi connectivity index (χ4v) is 4.20. The molecule has 1 amide bonds. The van der Waals surface area contributed by atoms with Gasteiger partial charge in [-0.25, -0.2) is 9.97 Å². The molecule has 0 unspecified atom stereocenters. The quantitative estimate of drug-likeness (QED) is 0.590. The molecule has 1 atom stereocenters. The summed E-state index contributed by atoms with van der Waals surface area (Å²) < 4.78 is 10.7. The van der Waals surface area contributed by atoms with Gasteiger partial charge in [-0.1, -0.05) is 41.9 Å². The summed E-state index contributed by atoms with van der Waals surface area (Å²) in [6.07, 6.45) is 3.25. The normalized spacial score (nSPS) is 15.8. The lowest BCUT2D eigenvalue weighted by Crippen LogP contribution is -2.30. The van der Waals surface area contributed by atoms with Gasteiger partial charge in [0, 0.05) is 17.1 Å². The van der Waals surface area contributed by atoms with Crippen LogP contribution in [-0.2, 0) is 0 Å². The van der Waals surface area contributed by atoms with E-state index < -0.39 is 0 Å². The van der Waals surface area contributed by atoms with E-state index in [0.717, 1.165) is 24.0 Å². The van der Waals surface area contributed by atoms with Crippen LogP contribution in [0.25, 0.3) is 11.1 Å². The van der Waals surface area contributed by atoms with Crippen molar-refractivity contribution < 1.29 is 14.3 Å². The van der Waals surface area contributed by atoms with Gasteiger partial charge in [-0.15, -0.1) is 0 Å². The summed E-state index contributed by atoms with van der Waals surface area (Å²) in [5, 5.41) is 0.695. The zero-order valence-electron chi connectivity index (χ0n) is 16.8. The molecule has 0 saturated carbocycles. The maximum atomic E-state index is 13.2. The van der Waals surface area contributed by atoms with Crippen LogP contribution in [0.3, 0.4) is 0 Å². The highest BCUT2D eigenvalue weighted by Crippen LogP contribution is 2.38. The van der Waals surface area contributed by atoms with Crippen molar-refractivity contribution >= 4 is 17.5 Å². The lowest BCUT2D eigenvalue weighted by molar-refractivity contribution is 0.0736. The minimum Gasteiger partial charge on any atom is -0.480 e. The van der Waals surface area contributed by atoms with E-state index in [1.807, 2.05) is 53.4 Å². The van der Waals surface area contributed by atoms with E-state index in [9.17, 15) is 4.79 Å². The van der Waals surface area contributed by atoms with Gasteiger partial charge in [-0.3, -0.25) is 4.79 Å². The number of hydrogen-bond acceptors (Lipinski definition) is 5. The number of aromatic nitrogens is 2. The van der Waals surface area contributed by atoms with Crippen molar-refractivity contribution in [3.8, 4) is 22.9 Å². The number of halogens is 1. The lowest BCUT2D eigenvalue weighted by Gasteiger charge is -2.26. The summed E-state index contributed by atoms with van der Waals surface area (Å²) in [7, 11) is 3.09. The van der Waals surface area contributed by atoms with Crippen LogP contribution >= 0.6 is 11.6 Å². The average molecular weight is 424 g/mol. The molecule has 1 fully saturated rings. The van der Waals surface area contributed by atoms with E-state index in [1.165, 1.54) is 6.33 Å². The molecule has 154 valence electrons. The summed E-state index contributed by atoms with van der Waals surface area (Å²) in [5.74, 6) is 0.825. The Morgan fingerprint density at radius 2 is 1.70 bits per heavy atom. The minimum absolute atomic E-state index is 0.00594. The predicted octanol–water partition coefficient (Wildman–Crippen LogP) is 4.79. The monoisotopic (exact) mass is 423 g/mol. The summed E-state index contributed by atoms with van der Waals surface area (Å²) in [4.78, 5) is 23.5. The van der Waals surface area contributed by atoms with E-state index in [1.54, 1.807) is 14.2 Å².